The maximum atomic E-state index is 9.70. The number of aliphatic hydroxyl groups excluding tert-OH is 1. The van der Waals surface area contributed by atoms with Crippen LogP contribution in [0, 0.1) is 0 Å². The van der Waals surface area contributed by atoms with Gasteiger partial charge < -0.3 is 15.8 Å². The van der Waals surface area contributed by atoms with Crippen LogP contribution in [-0.2, 0) is 0 Å². The number of hydrogen-bond donors (Lipinski definition) is 3. The molecule has 0 fully saturated rings. The van der Waals surface area contributed by atoms with Crippen molar-refractivity contribution in [2.45, 2.75) is 12.5 Å². The van der Waals surface area contributed by atoms with E-state index in [9.17, 15) is 5.11 Å². The fourth-order valence-electron chi connectivity index (χ4n) is 1.49. The van der Waals surface area contributed by atoms with Gasteiger partial charge in [0.25, 0.3) is 0 Å². The van der Waals surface area contributed by atoms with Crippen LogP contribution in [-0.4, -0.2) is 21.6 Å². The van der Waals surface area contributed by atoms with Crippen molar-refractivity contribution in [1.82, 2.24) is 9.97 Å². The van der Waals surface area contributed by atoms with E-state index in [0.29, 0.717) is 13.0 Å². The van der Waals surface area contributed by atoms with E-state index in [4.69, 9.17) is 5.73 Å². The molecule has 14 heavy (non-hydrogen) atoms. The summed E-state index contributed by atoms with van der Waals surface area (Å²) in [6, 6.07) is 5.67. The summed E-state index contributed by atoms with van der Waals surface area (Å²) in [4.78, 5) is 7.11. The first-order valence-corrected chi connectivity index (χ1v) is 4.62. The van der Waals surface area contributed by atoms with Gasteiger partial charge in [-0.05, 0) is 30.7 Å². The minimum absolute atomic E-state index is 0.479. The molecule has 4 nitrogen and oxygen atoms in total. The molecule has 0 radical (unpaired) electrons. The lowest BCUT2D eigenvalue weighted by Gasteiger charge is -2.08. The van der Waals surface area contributed by atoms with Gasteiger partial charge in [0.1, 0.15) is 0 Å². The molecule has 2 rings (SSSR count). The number of aromatic amines is 1. The number of benzene rings is 1. The molecule has 0 aliphatic rings. The number of aliphatic hydroxyl groups is 1. The van der Waals surface area contributed by atoms with Crippen LogP contribution < -0.4 is 5.73 Å². The van der Waals surface area contributed by atoms with E-state index in [1.165, 1.54) is 0 Å². The first kappa shape index (κ1) is 9.18. The predicted octanol–water partition coefficient (Wildman–Crippen LogP) is 0.945. The van der Waals surface area contributed by atoms with Gasteiger partial charge in [0.15, 0.2) is 0 Å². The Bertz CT molecular complexity index is 424. The monoisotopic (exact) mass is 191 g/mol. The van der Waals surface area contributed by atoms with Crippen LogP contribution >= 0.6 is 0 Å². The van der Waals surface area contributed by atoms with Crippen LogP contribution in [0.3, 0.4) is 0 Å². The Labute approximate surface area is 81.8 Å². The van der Waals surface area contributed by atoms with Crippen molar-refractivity contribution in [3.63, 3.8) is 0 Å². The van der Waals surface area contributed by atoms with Crippen molar-refractivity contribution in [1.29, 1.82) is 0 Å². The molecule has 1 atom stereocenters. The molecule has 74 valence electrons. The maximum Gasteiger partial charge on any atom is 0.0931 e. The number of nitrogens with two attached hydrogens (primary N) is 1. The van der Waals surface area contributed by atoms with Gasteiger partial charge in [-0.3, -0.25) is 0 Å². The zero-order valence-corrected chi connectivity index (χ0v) is 7.77. The van der Waals surface area contributed by atoms with Crippen molar-refractivity contribution >= 4 is 11.0 Å². The van der Waals surface area contributed by atoms with E-state index in [-0.39, 0.29) is 0 Å². The highest BCUT2D eigenvalue weighted by atomic mass is 16.3. The number of aromatic nitrogens is 2. The molecule has 1 unspecified atom stereocenters. The topological polar surface area (TPSA) is 74.9 Å². The smallest absolute Gasteiger partial charge is 0.0931 e. The van der Waals surface area contributed by atoms with E-state index >= 15 is 0 Å². The average Bonchev–Trinajstić information content (AvgIpc) is 2.64. The molecule has 1 heterocycles. The first-order chi connectivity index (χ1) is 6.81. The van der Waals surface area contributed by atoms with Gasteiger partial charge in [0.2, 0.25) is 0 Å². The lowest BCUT2D eigenvalue weighted by molar-refractivity contribution is 0.170. The van der Waals surface area contributed by atoms with Crippen molar-refractivity contribution in [3.8, 4) is 0 Å². The highest BCUT2D eigenvalue weighted by Crippen LogP contribution is 2.19. The number of rotatable bonds is 3. The molecule has 4 heteroatoms. The number of fused-ring (bicyclic) bond motifs is 1. The van der Waals surface area contributed by atoms with Gasteiger partial charge in [-0.25, -0.2) is 4.98 Å². The van der Waals surface area contributed by atoms with E-state index in [1.54, 1.807) is 6.33 Å². The summed E-state index contributed by atoms with van der Waals surface area (Å²) < 4.78 is 0. The molecule has 0 aliphatic carbocycles. The largest absolute Gasteiger partial charge is 0.388 e. The van der Waals surface area contributed by atoms with Crippen LogP contribution in [0.5, 0.6) is 0 Å². The molecule has 1 aromatic carbocycles. The fraction of sp³-hybridized carbons (Fsp3) is 0.300. The number of H-pyrrole nitrogens is 1. The molecule has 0 spiro atoms. The number of imidazole rings is 1. The predicted molar refractivity (Wildman–Crippen MR) is 54.7 cm³/mol. The van der Waals surface area contributed by atoms with Crippen LogP contribution in [0.2, 0.25) is 0 Å². The second-order valence-electron chi connectivity index (χ2n) is 3.27. The second-order valence-corrected chi connectivity index (χ2v) is 3.27. The summed E-state index contributed by atoms with van der Waals surface area (Å²) >= 11 is 0. The van der Waals surface area contributed by atoms with Crippen LogP contribution in [0.1, 0.15) is 18.1 Å². The SMILES string of the molecule is NCCC(O)c1ccc2nc[nH]c2c1. The Hall–Kier alpha value is -1.39. The molecule has 1 aromatic heterocycles. The van der Waals surface area contributed by atoms with Gasteiger partial charge in [-0.15, -0.1) is 0 Å². The molecule has 0 bridgehead atoms. The summed E-state index contributed by atoms with van der Waals surface area (Å²) in [6.07, 6.45) is 1.75. The zero-order chi connectivity index (χ0) is 9.97. The molecular weight excluding hydrogens is 178 g/mol. The Morgan fingerprint density at radius 3 is 3.14 bits per heavy atom. The first-order valence-electron chi connectivity index (χ1n) is 4.62. The number of nitrogens with zero attached hydrogens (tertiary/aromatic N) is 1. The van der Waals surface area contributed by atoms with E-state index < -0.39 is 6.10 Å². The second kappa shape index (κ2) is 3.77. The lowest BCUT2D eigenvalue weighted by Crippen LogP contribution is -2.06. The molecule has 2 aromatic rings. The molecule has 4 N–H and O–H groups in total. The van der Waals surface area contributed by atoms with E-state index in [1.807, 2.05) is 18.2 Å². The van der Waals surface area contributed by atoms with Crippen molar-refractivity contribution in [2.24, 2.45) is 5.73 Å². The molecule has 0 amide bonds. The van der Waals surface area contributed by atoms with Gasteiger partial charge in [-0.2, -0.15) is 0 Å². The van der Waals surface area contributed by atoms with Gasteiger partial charge in [0.05, 0.1) is 23.5 Å². The summed E-state index contributed by atoms with van der Waals surface area (Å²) in [5.41, 5.74) is 8.11. The van der Waals surface area contributed by atoms with E-state index in [2.05, 4.69) is 9.97 Å². The summed E-state index contributed by atoms with van der Waals surface area (Å²) in [7, 11) is 0. The maximum absolute atomic E-state index is 9.70. The lowest BCUT2D eigenvalue weighted by atomic mass is 10.1. The van der Waals surface area contributed by atoms with Crippen LogP contribution in [0.15, 0.2) is 24.5 Å². The summed E-state index contributed by atoms with van der Waals surface area (Å²) in [6.45, 7) is 0.488. The van der Waals surface area contributed by atoms with Gasteiger partial charge in [0, 0.05) is 0 Å². The van der Waals surface area contributed by atoms with E-state index in [0.717, 1.165) is 16.6 Å². The summed E-state index contributed by atoms with van der Waals surface area (Å²) in [5, 5.41) is 9.70. The molecular formula is C10H13N3O. The van der Waals surface area contributed by atoms with Crippen molar-refractivity contribution in [3.05, 3.63) is 30.1 Å². The van der Waals surface area contributed by atoms with Crippen molar-refractivity contribution < 1.29 is 5.11 Å². The Balaban J connectivity index is 2.33. The van der Waals surface area contributed by atoms with Crippen molar-refractivity contribution in [2.75, 3.05) is 6.54 Å². The summed E-state index contributed by atoms with van der Waals surface area (Å²) in [5.74, 6) is 0. The zero-order valence-electron chi connectivity index (χ0n) is 7.77. The van der Waals surface area contributed by atoms with Crippen LogP contribution in [0.25, 0.3) is 11.0 Å². The molecule has 0 aliphatic heterocycles. The highest BCUT2D eigenvalue weighted by Gasteiger charge is 2.07. The van der Waals surface area contributed by atoms with Crippen LogP contribution in [0.4, 0.5) is 0 Å². The number of nitrogens with one attached hydrogen (secondary N) is 1. The standard InChI is InChI=1S/C10H13N3O/c11-4-3-10(14)7-1-2-8-9(5-7)13-6-12-8/h1-2,5-6,10,14H,3-4,11H2,(H,12,13). The normalized spacial score (nSPS) is 13.3. The molecule has 0 saturated heterocycles. The quantitative estimate of drug-likeness (QED) is 0.676. The van der Waals surface area contributed by atoms with Gasteiger partial charge >= 0.3 is 0 Å². The minimum atomic E-state index is -0.479. The molecule has 0 saturated carbocycles. The Kier molecular flexibility index (Phi) is 2.47. The third-order valence-electron chi connectivity index (χ3n) is 2.27. The highest BCUT2D eigenvalue weighted by molar-refractivity contribution is 5.75. The minimum Gasteiger partial charge on any atom is -0.388 e. The number of hydrogen-bond acceptors (Lipinski definition) is 3. The third-order valence-corrected chi connectivity index (χ3v) is 2.27. The fourth-order valence-corrected chi connectivity index (χ4v) is 1.49. The Morgan fingerprint density at radius 1 is 1.50 bits per heavy atom. The third kappa shape index (κ3) is 1.62. The Morgan fingerprint density at radius 2 is 2.36 bits per heavy atom. The van der Waals surface area contributed by atoms with Gasteiger partial charge in [-0.1, -0.05) is 6.07 Å². The average molecular weight is 191 g/mol.